The van der Waals surface area contributed by atoms with Crippen molar-refractivity contribution < 1.29 is 9.53 Å². The van der Waals surface area contributed by atoms with E-state index in [1.807, 2.05) is 49.3 Å². The molecule has 2 aromatic rings. The van der Waals surface area contributed by atoms with Gasteiger partial charge in [0.2, 0.25) is 5.91 Å². The van der Waals surface area contributed by atoms with Gasteiger partial charge in [0.25, 0.3) is 0 Å². The van der Waals surface area contributed by atoms with E-state index >= 15 is 0 Å². The number of anilines is 1. The zero-order valence-electron chi connectivity index (χ0n) is 16.5. The Morgan fingerprint density at radius 2 is 2.18 bits per heavy atom. The average molecular weight is 498 g/mol. The topological polar surface area (TPSA) is 75.0 Å². The number of ether oxygens (including phenoxy) is 1. The van der Waals surface area contributed by atoms with Gasteiger partial charge in [-0.2, -0.15) is 5.10 Å². The lowest BCUT2D eigenvalue weighted by Crippen LogP contribution is -2.55. The van der Waals surface area contributed by atoms with Crippen LogP contribution in [0.1, 0.15) is 5.56 Å². The maximum absolute atomic E-state index is 12.5. The Hall–Kier alpha value is -2.30. The van der Waals surface area contributed by atoms with Crippen LogP contribution in [0.4, 0.5) is 5.69 Å². The van der Waals surface area contributed by atoms with Crippen LogP contribution in [0.3, 0.4) is 0 Å². The van der Waals surface area contributed by atoms with E-state index in [0.717, 1.165) is 11.4 Å². The van der Waals surface area contributed by atoms with Crippen molar-refractivity contribution in [1.82, 2.24) is 20.0 Å². The molecule has 1 aromatic carbocycles. The average Bonchev–Trinajstić information content (AvgIpc) is 3.08. The van der Waals surface area contributed by atoms with E-state index in [2.05, 4.69) is 15.4 Å². The van der Waals surface area contributed by atoms with Gasteiger partial charge in [-0.3, -0.25) is 14.5 Å². The van der Waals surface area contributed by atoms with Gasteiger partial charge in [0.1, 0.15) is 18.9 Å². The molecule has 1 aromatic heterocycles. The predicted molar refractivity (Wildman–Crippen MR) is 121 cm³/mol. The lowest BCUT2D eigenvalue weighted by Gasteiger charge is -2.35. The molecule has 28 heavy (non-hydrogen) atoms. The molecule has 8 nitrogen and oxygen atoms in total. The Morgan fingerprint density at radius 1 is 1.36 bits per heavy atom. The normalized spacial score (nSPS) is 14.7. The summed E-state index contributed by atoms with van der Waals surface area (Å²) in [6, 6.07) is 7.96. The maximum Gasteiger partial charge on any atom is 0.246 e. The highest BCUT2D eigenvalue weighted by molar-refractivity contribution is 14.0. The van der Waals surface area contributed by atoms with E-state index in [4.69, 9.17) is 4.74 Å². The molecule has 152 valence electrons. The third kappa shape index (κ3) is 5.60. The van der Waals surface area contributed by atoms with Crippen LogP contribution in [0.15, 0.2) is 41.7 Å². The van der Waals surface area contributed by atoms with Crippen molar-refractivity contribution in [2.75, 3.05) is 44.7 Å². The van der Waals surface area contributed by atoms with Crippen LogP contribution in [0.2, 0.25) is 0 Å². The second kappa shape index (κ2) is 10.3. The van der Waals surface area contributed by atoms with Gasteiger partial charge in [-0.25, -0.2) is 0 Å². The number of aliphatic imine (C=N–C) groups is 1. The van der Waals surface area contributed by atoms with Gasteiger partial charge in [-0.05, 0) is 24.6 Å². The number of piperazine rings is 1. The van der Waals surface area contributed by atoms with Gasteiger partial charge in [-0.1, -0.05) is 12.1 Å². The first-order chi connectivity index (χ1) is 13.1. The van der Waals surface area contributed by atoms with Gasteiger partial charge in [0.15, 0.2) is 5.96 Å². The van der Waals surface area contributed by atoms with Crippen molar-refractivity contribution in [1.29, 1.82) is 0 Å². The van der Waals surface area contributed by atoms with Gasteiger partial charge < -0.3 is 19.9 Å². The fourth-order valence-corrected chi connectivity index (χ4v) is 3.04. The first kappa shape index (κ1) is 22.0. The molecule has 0 unspecified atom stereocenters. The van der Waals surface area contributed by atoms with Crippen LogP contribution < -0.4 is 15.0 Å². The van der Waals surface area contributed by atoms with Gasteiger partial charge in [0.05, 0.1) is 18.4 Å². The fourth-order valence-electron chi connectivity index (χ4n) is 3.04. The number of hydrogen-bond donors (Lipinski definition) is 1. The summed E-state index contributed by atoms with van der Waals surface area (Å²) in [5.41, 5.74) is 2.00. The minimum Gasteiger partial charge on any atom is -0.492 e. The zero-order valence-corrected chi connectivity index (χ0v) is 18.8. The van der Waals surface area contributed by atoms with Crippen LogP contribution in [0, 0.1) is 6.92 Å². The lowest BCUT2D eigenvalue weighted by atomic mass is 10.2. The first-order valence-electron chi connectivity index (χ1n) is 9.01. The number of amides is 1. The highest BCUT2D eigenvalue weighted by Gasteiger charge is 2.27. The molecule has 3 rings (SSSR count). The summed E-state index contributed by atoms with van der Waals surface area (Å²) in [5, 5.41) is 7.40. The monoisotopic (exact) mass is 498 g/mol. The van der Waals surface area contributed by atoms with Crippen molar-refractivity contribution in [3.8, 4) is 5.75 Å². The minimum atomic E-state index is 0. The molecule has 9 heteroatoms. The predicted octanol–water partition coefficient (Wildman–Crippen LogP) is 1.65. The lowest BCUT2D eigenvalue weighted by molar-refractivity contribution is -0.120. The highest BCUT2D eigenvalue weighted by atomic mass is 127. The van der Waals surface area contributed by atoms with E-state index in [1.54, 1.807) is 22.8 Å². The van der Waals surface area contributed by atoms with Crippen molar-refractivity contribution in [3.05, 3.63) is 42.2 Å². The molecule has 1 N–H and O–H groups in total. The molecule has 1 fully saturated rings. The smallest absolute Gasteiger partial charge is 0.246 e. The molecular formula is C19H27IN6O2. The molecule has 0 radical (unpaired) electrons. The van der Waals surface area contributed by atoms with Crippen LogP contribution >= 0.6 is 24.0 Å². The molecule has 0 aliphatic carbocycles. The summed E-state index contributed by atoms with van der Waals surface area (Å²) in [6.07, 6.45) is 3.56. The van der Waals surface area contributed by atoms with Crippen molar-refractivity contribution in [2.45, 2.75) is 6.92 Å². The number of nitrogens with zero attached hydrogens (tertiary/aromatic N) is 5. The summed E-state index contributed by atoms with van der Waals surface area (Å²) in [4.78, 5) is 20.5. The number of aromatic nitrogens is 2. The summed E-state index contributed by atoms with van der Waals surface area (Å²) >= 11 is 0. The van der Waals surface area contributed by atoms with Crippen LogP contribution in [0.25, 0.3) is 0 Å². The molecule has 1 amide bonds. The van der Waals surface area contributed by atoms with E-state index in [9.17, 15) is 4.79 Å². The summed E-state index contributed by atoms with van der Waals surface area (Å²) in [7, 11) is 3.57. The number of nitrogens with one attached hydrogen (secondary N) is 1. The molecular weight excluding hydrogens is 471 g/mol. The number of guanidine groups is 1. The number of rotatable bonds is 5. The second-order valence-electron chi connectivity index (χ2n) is 6.48. The first-order valence-corrected chi connectivity index (χ1v) is 9.01. The van der Waals surface area contributed by atoms with E-state index < -0.39 is 0 Å². The number of carbonyl (C=O) groups is 1. The van der Waals surface area contributed by atoms with Gasteiger partial charge in [-0.15, -0.1) is 24.0 Å². The molecule has 1 aliphatic rings. The largest absolute Gasteiger partial charge is 0.492 e. The molecule has 0 saturated carbocycles. The van der Waals surface area contributed by atoms with E-state index in [1.165, 1.54) is 5.56 Å². The van der Waals surface area contributed by atoms with Crippen LogP contribution in [-0.2, 0) is 11.8 Å². The number of carbonyl (C=O) groups excluding carboxylic acids is 1. The number of aryl methyl sites for hydroxylation is 2. The molecule has 0 spiro atoms. The Kier molecular flexibility index (Phi) is 8.09. The van der Waals surface area contributed by atoms with E-state index in [-0.39, 0.29) is 36.4 Å². The zero-order chi connectivity index (χ0) is 19.2. The van der Waals surface area contributed by atoms with E-state index in [0.29, 0.717) is 32.2 Å². The minimum absolute atomic E-state index is 0. The third-order valence-corrected chi connectivity index (χ3v) is 4.38. The molecule has 0 atom stereocenters. The number of hydrogen-bond acceptors (Lipinski definition) is 4. The van der Waals surface area contributed by atoms with Gasteiger partial charge in [0, 0.05) is 33.4 Å². The highest BCUT2D eigenvalue weighted by Crippen LogP contribution is 2.16. The molecule has 1 aliphatic heterocycles. The SMILES string of the molecule is CN=C(NCCOc1cccc(C)c1)N1CCN(c2cnn(C)c2)C(=O)C1.I. The van der Waals surface area contributed by atoms with Gasteiger partial charge >= 0.3 is 0 Å². The molecule has 0 bridgehead atoms. The van der Waals surface area contributed by atoms with Crippen LogP contribution in [0.5, 0.6) is 5.75 Å². The van der Waals surface area contributed by atoms with Crippen molar-refractivity contribution in [3.63, 3.8) is 0 Å². The standard InChI is InChI=1S/C19H26N6O2.HI/c1-15-5-4-6-17(11-15)27-10-7-21-19(20-2)24-8-9-25(18(26)14-24)16-12-22-23(3)13-16;/h4-6,11-13H,7-10,14H2,1-3H3,(H,20,21);1H. The number of halogens is 1. The number of benzene rings is 1. The summed E-state index contributed by atoms with van der Waals surface area (Å²) < 4.78 is 7.45. The second-order valence-corrected chi connectivity index (χ2v) is 6.48. The van der Waals surface area contributed by atoms with Crippen molar-refractivity contribution >= 4 is 41.5 Å². The fraction of sp³-hybridized carbons (Fsp3) is 0.421. The Morgan fingerprint density at radius 3 is 2.82 bits per heavy atom. The summed E-state index contributed by atoms with van der Waals surface area (Å²) in [5.74, 6) is 1.60. The Labute approximate surface area is 182 Å². The Bertz CT molecular complexity index is 822. The quantitative estimate of drug-likeness (QED) is 0.294. The van der Waals surface area contributed by atoms with Crippen molar-refractivity contribution in [2.24, 2.45) is 12.0 Å². The third-order valence-electron chi connectivity index (χ3n) is 4.38. The maximum atomic E-state index is 12.5. The van der Waals surface area contributed by atoms with Crippen LogP contribution in [-0.4, -0.2) is 66.4 Å². The summed E-state index contributed by atoms with van der Waals surface area (Å²) in [6.45, 7) is 4.76. The molecule has 2 heterocycles. The molecule has 1 saturated heterocycles. The Balaban J connectivity index is 0.00000280.